The van der Waals surface area contributed by atoms with Gasteiger partial charge in [-0.25, -0.2) is 4.98 Å². The zero-order valence-corrected chi connectivity index (χ0v) is 12.7. The van der Waals surface area contributed by atoms with Gasteiger partial charge in [0, 0.05) is 29.9 Å². The first-order chi connectivity index (χ1) is 11.3. The lowest BCUT2D eigenvalue weighted by molar-refractivity contribution is -0.119. The number of ketones is 1. The highest BCUT2D eigenvalue weighted by molar-refractivity contribution is 6.08. The molecule has 1 amide bonds. The molecule has 1 unspecified atom stereocenters. The fourth-order valence-electron chi connectivity index (χ4n) is 2.71. The summed E-state index contributed by atoms with van der Waals surface area (Å²) in [6.45, 7) is 1.22. The Morgan fingerprint density at radius 1 is 1.22 bits per heavy atom. The van der Waals surface area contributed by atoms with Crippen molar-refractivity contribution in [1.29, 1.82) is 0 Å². The number of carbonyl (C=O) groups is 2. The predicted octanol–water partition coefficient (Wildman–Crippen LogP) is 2.31. The number of amides is 1. The van der Waals surface area contributed by atoms with E-state index >= 15 is 0 Å². The van der Waals surface area contributed by atoms with Crippen molar-refractivity contribution in [3.63, 3.8) is 0 Å². The Hall–Kier alpha value is -2.69. The standard InChI is InChI=1S/C18H18N2O3/c21-13-20-10-4-7-16(20)12-23-17-9-8-15(11-19-17)18(22)14-5-2-1-3-6-14/h1-3,5-6,8-9,11,13,16H,4,7,10,12H2. The molecule has 1 aromatic heterocycles. The van der Waals surface area contributed by atoms with Crippen LogP contribution >= 0.6 is 0 Å². The van der Waals surface area contributed by atoms with Crippen molar-refractivity contribution in [1.82, 2.24) is 9.88 Å². The number of aromatic nitrogens is 1. The molecular formula is C18H18N2O3. The van der Waals surface area contributed by atoms with Gasteiger partial charge in [-0.15, -0.1) is 0 Å². The van der Waals surface area contributed by atoms with Crippen LogP contribution in [0.5, 0.6) is 5.88 Å². The number of hydrogen-bond donors (Lipinski definition) is 0. The number of carbonyl (C=O) groups excluding carboxylic acids is 2. The van der Waals surface area contributed by atoms with Crippen molar-refractivity contribution in [2.45, 2.75) is 18.9 Å². The quantitative estimate of drug-likeness (QED) is 0.607. The number of ether oxygens (including phenoxy) is 1. The Balaban J connectivity index is 1.61. The maximum atomic E-state index is 12.3. The molecule has 5 nitrogen and oxygen atoms in total. The van der Waals surface area contributed by atoms with Crippen LogP contribution in [-0.2, 0) is 4.79 Å². The summed E-state index contributed by atoms with van der Waals surface area (Å²) < 4.78 is 5.64. The lowest BCUT2D eigenvalue weighted by Crippen LogP contribution is -2.33. The highest BCUT2D eigenvalue weighted by Crippen LogP contribution is 2.17. The third kappa shape index (κ3) is 3.56. The van der Waals surface area contributed by atoms with Crippen LogP contribution in [0.15, 0.2) is 48.7 Å². The van der Waals surface area contributed by atoms with E-state index in [0.29, 0.717) is 23.6 Å². The summed E-state index contributed by atoms with van der Waals surface area (Å²) in [6.07, 6.45) is 4.35. The van der Waals surface area contributed by atoms with Crippen molar-refractivity contribution in [2.75, 3.05) is 13.2 Å². The van der Waals surface area contributed by atoms with E-state index in [1.165, 1.54) is 6.20 Å². The summed E-state index contributed by atoms with van der Waals surface area (Å²) in [6, 6.07) is 12.6. The molecule has 1 aromatic carbocycles. The van der Waals surface area contributed by atoms with Crippen molar-refractivity contribution in [3.8, 4) is 5.88 Å². The number of likely N-dealkylation sites (tertiary alicyclic amines) is 1. The first kappa shape index (κ1) is 15.2. The molecule has 1 saturated heterocycles. The Bertz CT molecular complexity index is 670. The molecule has 0 radical (unpaired) electrons. The predicted molar refractivity (Wildman–Crippen MR) is 85.4 cm³/mol. The molecule has 0 bridgehead atoms. The van der Waals surface area contributed by atoms with Crippen molar-refractivity contribution < 1.29 is 14.3 Å². The normalized spacial score (nSPS) is 17.0. The first-order valence-corrected chi connectivity index (χ1v) is 7.67. The number of hydrogen-bond acceptors (Lipinski definition) is 4. The zero-order chi connectivity index (χ0) is 16.1. The van der Waals surface area contributed by atoms with Crippen molar-refractivity contribution in [2.24, 2.45) is 0 Å². The molecular weight excluding hydrogens is 292 g/mol. The molecule has 1 atom stereocenters. The molecule has 5 heteroatoms. The molecule has 1 aliphatic heterocycles. The van der Waals surface area contributed by atoms with Crippen LogP contribution in [-0.4, -0.2) is 41.3 Å². The topological polar surface area (TPSA) is 59.5 Å². The van der Waals surface area contributed by atoms with E-state index < -0.39 is 0 Å². The Labute approximate surface area is 134 Å². The molecule has 118 valence electrons. The van der Waals surface area contributed by atoms with E-state index in [1.54, 1.807) is 29.2 Å². The third-order valence-electron chi connectivity index (χ3n) is 4.02. The van der Waals surface area contributed by atoms with Gasteiger partial charge in [0.1, 0.15) is 6.61 Å². The van der Waals surface area contributed by atoms with Crippen LogP contribution in [0.1, 0.15) is 28.8 Å². The number of nitrogens with zero attached hydrogens (tertiary/aromatic N) is 2. The largest absolute Gasteiger partial charge is 0.475 e. The van der Waals surface area contributed by atoms with Gasteiger partial charge in [-0.2, -0.15) is 0 Å². The van der Waals surface area contributed by atoms with Crippen LogP contribution in [0.2, 0.25) is 0 Å². The zero-order valence-electron chi connectivity index (χ0n) is 12.7. The van der Waals surface area contributed by atoms with Gasteiger partial charge in [0.2, 0.25) is 12.3 Å². The highest BCUT2D eigenvalue weighted by Gasteiger charge is 2.23. The van der Waals surface area contributed by atoms with Gasteiger partial charge in [-0.1, -0.05) is 30.3 Å². The van der Waals surface area contributed by atoms with Gasteiger partial charge < -0.3 is 9.64 Å². The van der Waals surface area contributed by atoms with Gasteiger partial charge >= 0.3 is 0 Å². The van der Waals surface area contributed by atoms with Crippen molar-refractivity contribution >= 4 is 12.2 Å². The fourth-order valence-corrected chi connectivity index (χ4v) is 2.71. The second-order valence-electron chi connectivity index (χ2n) is 5.53. The molecule has 1 aliphatic rings. The van der Waals surface area contributed by atoms with Gasteiger partial charge in [0.25, 0.3) is 0 Å². The summed E-state index contributed by atoms with van der Waals surface area (Å²) in [4.78, 5) is 29.1. The molecule has 3 rings (SSSR count). The van der Waals surface area contributed by atoms with Crippen LogP contribution in [0, 0.1) is 0 Å². The monoisotopic (exact) mass is 310 g/mol. The smallest absolute Gasteiger partial charge is 0.213 e. The van der Waals surface area contributed by atoms with Crippen molar-refractivity contribution in [3.05, 3.63) is 59.8 Å². The number of rotatable bonds is 6. The first-order valence-electron chi connectivity index (χ1n) is 7.67. The Morgan fingerprint density at radius 3 is 2.74 bits per heavy atom. The van der Waals surface area contributed by atoms with Gasteiger partial charge in [-0.05, 0) is 18.9 Å². The molecule has 23 heavy (non-hydrogen) atoms. The average molecular weight is 310 g/mol. The minimum absolute atomic E-state index is 0.0624. The van der Waals surface area contributed by atoms with E-state index in [1.807, 2.05) is 18.2 Å². The Morgan fingerprint density at radius 2 is 2.04 bits per heavy atom. The summed E-state index contributed by atoms with van der Waals surface area (Å²) in [5.74, 6) is 0.403. The van der Waals surface area contributed by atoms with Crippen LogP contribution < -0.4 is 4.74 Å². The summed E-state index contributed by atoms with van der Waals surface area (Å²) in [5, 5.41) is 0. The molecule has 1 fully saturated rings. The van der Waals surface area contributed by atoms with Crippen LogP contribution in [0.4, 0.5) is 0 Å². The van der Waals surface area contributed by atoms with E-state index in [-0.39, 0.29) is 11.8 Å². The van der Waals surface area contributed by atoms with Crippen LogP contribution in [0.3, 0.4) is 0 Å². The second-order valence-corrected chi connectivity index (χ2v) is 5.53. The second kappa shape index (κ2) is 7.05. The molecule has 0 N–H and O–H groups in total. The minimum atomic E-state index is -0.0624. The van der Waals surface area contributed by atoms with E-state index in [2.05, 4.69) is 4.98 Å². The van der Waals surface area contributed by atoms with Gasteiger partial charge in [0.05, 0.1) is 6.04 Å². The lowest BCUT2D eigenvalue weighted by atomic mass is 10.1. The molecule has 0 saturated carbocycles. The number of pyridine rings is 1. The maximum Gasteiger partial charge on any atom is 0.213 e. The minimum Gasteiger partial charge on any atom is -0.475 e. The molecule has 2 aromatic rings. The molecule has 0 spiro atoms. The van der Waals surface area contributed by atoms with E-state index in [4.69, 9.17) is 4.74 Å². The van der Waals surface area contributed by atoms with E-state index in [0.717, 1.165) is 25.8 Å². The Kier molecular flexibility index (Phi) is 4.66. The van der Waals surface area contributed by atoms with E-state index in [9.17, 15) is 9.59 Å². The summed E-state index contributed by atoms with van der Waals surface area (Å²) in [7, 11) is 0. The number of benzene rings is 1. The maximum absolute atomic E-state index is 12.3. The average Bonchev–Trinajstić information content (AvgIpc) is 3.08. The third-order valence-corrected chi connectivity index (χ3v) is 4.02. The SMILES string of the molecule is O=CN1CCCC1COc1ccc(C(=O)c2ccccc2)cn1. The fraction of sp³-hybridized carbons (Fsp3) is 0.278. The van der Waals surface area contributed by atoms with Crippen LogP contribution in [0.25, 0.3) is 0 Å². The lowest BCUT2D eigenvalue weighted by Gasteiger charge is -2.19. The summed E-state index contributed by atoms with van der Waals surface area (Å²) in [5.41, 5.74) is 1.16. The molecule has 2 heterocycles. The van der Waals surface area contributed by atoms with Gasteiger partial charge in [-0.3, -0.25) is 9.59 Å². The molecule has 0 aliphatic carbocycles. The summed E-state index contributed by atoms with van der Waals surface area (Å²) >= 11 is 0. The van der Waals surface area contributed by atoms with Gasteiger partial charge in [0.15, 0.2) is 5.78 Å². The highest BCUT2D eigenvalue weighted by atomic mass is 16.5.